The highest BCUT2D eigenvalue weighted by Crippen LogP contribution is 2.24. The van der Waals surface area contributed by atoms with Gasteiger partial charge in [-0.3, -0.25) is 14.4 Å². The summed E-state index contributed by atoms with van der Waals surface area (Å²) >= 11 is 8.40. The molecule has 0 saturated carbocycles. The molecule has 166 valence electrons. The zero-order valence-electron chi connectivity index (χ0n) is 16.9. The summed E-state index contributed by atoms with van der Waals surface area (Å²) in [6, 6.07) is 19.4. The number of phenols is 1. The van der Waals surface area contributed by atoms with Gasteiger partial charge in [-0.15, -0.1) is 0 Å². The highest BCUT2D eigenvalue weighted by molar-refractivity contribution is 9.10. The summed E-state index contributed by atoms with van der Waals surface area (Å²) in [6.07, 6.45) is 0. The minimum absolute atomic E-state index is 0.00412. The van der Waals surface area contributed by atoms with E-state index in [4.69, 9.17) is 12.2 Å². The van der Waals surface area contributed by atoms with Crippen LogP contribution in [0.2, 0.25) is 0 Å². The molecule has 7 nitrogen and oxygen atoms in total. The third kappa shape index (κ3) is 5.45. The zero-order valence-corrected chi connectivity index (χ0v) is 20.2. The molecule has 10 heteroatoms. The number of thiocarbonyl (C=S) groups is 1. The number of amides is 1. The second-order valence-corrected chi connectivity index (χ2v) is 9.79. The third-order valence-corrected chi connectivity index (χ3v) is 7.08. The number of benzene rings is 3. The Labute approximate surface area is 200 Å². The fraction of sp³-hybridized carbons (Fsp3) is 0.0909. The number of anilines is 2. The first-order valence-electron chi connectivity index (χ1n) is 9.51. The van der Waals surface area contributed by atoms with E-state index < -0.39 is 15.9 Å². The number of rotatable bonds is 6. The van der Waals surface area contributed by atoms with Crippen molar-refractivity contribution in [2.24, 2.45) is 0 Å². The fourth-order valence-electron chi connectivity index (χ4n) is 2.95. The summed E-state index contributed by atoms with van der Waals surface area (Å²) in [7, 11) is -3.74. The van der Waals surface area contributed by atoms with Gasteiger partial charge >= 0.3 is 0 Å². The molecule has 0 bridgehead atoms. The Bertz CT molecular complexity index is 1230. The second kappa shape index (κ2) is 10.1. The Balaban J connectivity index is 1.70. The number of nitrogens with zero attached hydrogens (tertiary/aromatic N) is 1. The highest BCUT2D eigenvalue weighted by Gasteiger charge is 2.23. The van der Waals surface area contributed by atoms with Gasteiger partial charge < -0.3 is 10.4 Å². The van der Waals surface area contributed by atoms with E-state index in [1.165, 1.54) is 28.6 Å². The SMILES string of the molecule is CCN(c1ccccc1)S(=O)(=O)c1ccc(NC(=S)NC(=O)c2cc(Br)ccc2O)cc1. The molecule has 0 saturated heterocycles. The molecule has 0 aliphatic carbocycles. The number of carbonyl (C=O) groups is 1. The van der Waals surface area contributed by atoms with Gasteiger partial charge in [-0.25, -0.2) is 8.42 Å². The minimum Gasteiger partial charge on any atom is -0.507 e. The molecular formula is C22H20BrN3O4S2. The van der Waals surface area contributed by atoms with Crippen LogP contribution in [0.3, 0.4) is 0 Å². The van der Waals surface area contributed by atoms with Gasteiger partial charge in [-0.05, 0) is 73.7 Å². The van der Waals surface area contributed by atoms with Crippen molar-refractivity contribution in [2.45, 2.75) is 11.8 Å². The second-order valence-electron chi connectivity index (χ2n) is 6.60. The molecule has 3 rings (SSSR count). The number of hydrogen-bond acceptors (Lipinski definition) is 5. The lowest BCUT2D eigenvalue weighted by Crippen LogP contribution is -2.34. The lowest BCUT2D eigenvalue weighted by molar-refractivity contribution is 0.0975. The molecule has 1 amide bonds. The summed E-state index contributed by atoms with van der Waals surface area (Å²) in [5, 5.41) is 15.2. The van der Waals surface area contributed by atoms with E-state index in [-0.39, 0.29) is 27.9 Å². The molecule has 0 heterocycles. The van der Waals surface area contributed by atoms with Crippen LogP contribution in [0.25, 0.3) is 0 Å². The van der Waals surface area contributed by atoms with Gasteiger partial charge in [0.15, 0.2) is 5.11 Å². The normalized spacial score (nSPS) is 10.9. The smallest absolute Gasteiger partial charge is 0.264 e. The topological polar surface area (TPSA) is 98.7 Å². The van der Waals surface area contributed by atoms with E-state index in [0.717, 1.165) is 0 Å². The number of sulfonamides is 1. The first kappa shape index (κ1) is 23.7. The summed E-state index contributed by atoms with van der Waals surface area (Å²) in [6.45, 7) is 2.05. The van der Waals surface area contributed by atoms with E-state index in [9.17, 15) is 18.3 Å². The highest BCUT2D eigenvalue weighted by atomic mass is 79.9. The molecule has 0 spiro atoms. The average Bonchev–Trinajstić information content (AvgIpc) is 2.76. The molecule has 0 fully saturated rings. The van der Waals surface area contributed by atoms with Gasteiger partial charge in [0.05, 0.1) is 16.1 Å². The molecule has 0 aromatic heterocycles. The first-order chi connectivity index (χ1) is 15.2. The first-order valence-corrected chi connectivity index (χ1v) is 12.1. The van der Waals surface area contributed by atoms with Gasteiger partial charge in [0.1, 0.15) is 5.75 Å². The number of nitrogens with one attached hydrogen (secondary N) is 2. The predicted molar refractivity (Wildman–Crippen MR) is 133 cm³/mol. The van der Waals surface area contributed by atoms with Gasteiger partial charge in [0.25, 0.3) is 15.9 Å². The molecular weight excluding hydrogens is 514 g/mol. The van der Waals surface area contributed by atoms with Crippen molar-refractivity contribution in [1.29, 1.82) is 0 Å². The number of halogens is 1. The zero-order chi connectivity index (χ0) is 23.3. The van der Waals surface area contributed by atoms with Crippen LogP contribution in [0.1, 0.15) is 17.3 Å². The molecule has 0 aliphatic rings. The quantitative estimate of drug-likeness (QED) is 0.403. The molecule has 0 aliphatic heterocycles. The monoisotopic (exact) mass is 533 g/mol. The molecule has 0 atom stereocenters. The van der Waals surface area contributed by atoms with Crippen LogP contribution in [0.4, 0.5) is 11.4 Å². The number of hydrogen-bond donors (Lipinski definition) is 3. The number of phenolic OH excluding ortho intramolecular Hbond substituents is 1. The van der Waals surface area contributed by atoms with Gasteiger partial charge in [-0.1, -0.05) is 34.1 Å². The van der Waals surface area contributed by atoms with E-state index in [2.05, 4.69) is 26.6 Å². The van der Waals surface area contributed by atoms with Gasteiger partial charge in [-0.2, -0.15) is 0 Å². The van der Waals surface area contributed by atoms with Crippen molar-refractivity contribution in [3.05, 3.63) is 82.8 Å². The van der Waals surface area contributed by atoms with Gasteiger partial charge in [0, 0.05) is 16.7 Å². The number of carbonyl (C=O) groups excluding carboxylic acids is 1. The van der Waals surface area contributed by atoms with Gasteiger partial charge in [0.2, 0.25) is 0 Å². The average molecular weight is 534 g/mol. The minimum atomic E-state index is -3.74. The van der Waals surface area contributed by atoms with Crippen molar-refractivity contribution in [1.82, 2.24) is 5.32 Å². The summed E-state index contributed by atoms with van der Waals surface area (Å²) in [5.74, 6) is -0.760. The summed E-state index contributed by atoms with van der Waals surface area (Å²) < 4.78 is 28.1. The van der Waals surface area contributed by atoms with E-state index in [1.807, 2.05) is 6.07 Å². The predicted octanol–water partition coefficient (Wildman–Crippen LogP) is 4.50. The van der Waals surface area contributed by atoms with Crippen LogP contribution >= 0.6 is 28.1 Å². The van der Waals surface area contributed by atoms with Crippen LogP contribution in [0.5, 0.6) is 5.75 Å². The number of para-hydroxylation sites is 1. The summed E-state index contributed by atoms with van der Waals surface area (Å²) in [4.78, 5) is 12.5. The fourth-order valence-corrected chi connectivity index (χ4v) is 4.99. The van der Waals surface area contributed by atoms with Crippen LogP contribution in [-0.4, -0.2) is 31.1 Å². The van der Waals surface area contributed by atoms with Crippen molar-refractivity contribution in [3.8, 4) is 5.75 Å². The Morgan fingerprint density at radius 3 is 2.34 bits per heavy atom. The maximum absolute atomic E-state index is 13.1. The molecule has 3 N–H and O–H groups in total. The lowest BCUT2D eigenvalue weighted by Gasteiger charge is -2.23. The van der Waals surface area contributed by atoms with Crippen molar-refractivity contribution in [2.75, 3.05) is 16.2 Å². The van der Waals surface area contributed by atoms with E-state index >= 15 is 0 Å². The Kier molecular flexibility index (Phi) is 7.49. The van der Waals surface area contributed by atoms with Crippen LogP contribution in [0.15, 0.2) is 82.2 Å². The van der Waals surface area contributed by atoms with Crippen LogP contribution < -0.4 is 14.9 Å². The Morgan fingerprint density at radius 1 is 1.06 bits per heavy atom. The van der Waals surface area contributed by atoms with E-state index in [0.29, 0.717) is 15.8 Å². The lowest BCUT2D eigenvalue weighted by atomic mass is 10.2. The van der Waals surface area contributed by atoms with Crippen molar-refractivity contribution in [3.63, 3.8) is 0 Å². The maximum atomic E-state index is 13.1. The largest absolute Gasteiger partial charge is 0.507 e. The Morgan fingerprint density at radius 2 is 1.72 bits per heavy atom. The van der Waals surface area contributed by atoms with Crippen LogP contribution in [-0.2, 0) is 10.0 Å². The molecule has 32 heavy (non-hydrogen) atoms. The maximum Gasteiger partial charge on any atom is 0.264 e. The van der Waals surface area contributed by atoms with E-state index in [1.54, 1.807) is 49.4 Å². The van der Waals surface area contributed by atoms with Crippen molar-refractivity contribution >= 4 is 60.6 Å². The number of aromatic hydroxyl groups is 1. The molecule has 3 aromatic carbocycles. The Hall–Kier alpha value is -2.95. The third-order valence-electron chi connectivity index (χ3n) is 4.46. The standard InChI is InChI=1S/C22H20BrN3O4S2/c1-2-26(17-6-4-3-5-7-17)32(29,30)18-11-9-16(10-12-18)24-22(31)25-21(28)19-14-15(23)8-13-20(19)27/h3-14,27H,2H2,1H3,(H2,24,25,28,31). The molecule has 3 aromatic rings. The summed E-state index contributed by atoms with van der Waals surface area (Å²) in [5.41, 5.74) is 1.14. The van der Waals surface area contributed by atoms with Crippen molar-refractivity contribution < 1.29 is 18.3 Å². The molecule has 0 unspecified atom stereocenters. The van der Waals surface area contributed by atoms with Crippen LogP contribution in [0, 0.1) is 0 Å². The molecule has 0 radical (unpaired) electrons.